The van der Waals surface area contributed by atoms with Crippen LogP contribution in [-0.4, -0.2) is 28.6 Å². The molecule has 6 nitrogen and oxygen atoms in total. The van der Waals surface area contributed by atoms with Crippen molar-refractivity contribution in [3.05, 3.63) is 35.4 Å². The van der Waals surface area contributed by atoms with Gasteiger partial charge in [0.1, 0.15) is 0 Å². The number of benzene rings is 1. The summed E-state index contributed by atoms with van der Waals surface area (Å²) in [6, 6.07) is 6.92. The molecule has 84 valence electrons. The Bertz CT molecular complexity index is 437. The first kappa shape index (κ1) is 22.7. The topological polar surface area (TPSA) is 118 Å². The Morgan fingerprint density at radius 1 is 1.18 bits per heavy atom. The minimum Gasteiger partial charge on any atom is -0.759 e. The van der Waals surface area contributed by atoms with Crippen molar-refractivity contribution in [2.45, 2.75) is 6.92 Å². The van der Waals surface area contributed by atoms with Crippen LogP contribution in [-0.2, 0) is 10.4 Å². The van der Waals surface area contributed by atoms with Crippen molar-refractivity contribution in [3.8, 4) is 0 Å². The van der Waals surface area contributed by atoms with Gasteiger partial charge in [-0.05, 0) is 18.6 Å². The maximum atomic E-state index is 10.4. The van der Waals surface area contributed by atoms with E-state index in [2.05, 4.69) is 0 Å². The van der Waals surface area contributed by atoms with Crippen LogP contribution in [0.25, 0.3) is 0 Å². The van der Waals surface area contributed by atoms with Crippen molar-refractivity contribution < 1.29 is 86.5 Å². The molecule has 0 amide bonds. The van der Waals surface area contributed by atoms with E-state index < -0.39 is 16.4 Å². The van der Waals surface area contributed by atoms with Gasteiger partial charge in [-0.1, -0.05) is 18.2 Å². The van der Waals surface area contributed by atoms with E-state index >= 15 is 0 Å². The van der Waals surface area contributed by atoms with E-state index in [0.717, 1.165) is 5.56 Å². The van der Waals surface area contributed by atoms with Gasteiger partial charge in [-0.3, -0.25) is 8.42 Å². The summed E-state index contributed by atoms with van der Waals surface area (Å²) in [6.07, 6.45) is 0. The van der Waals surface area contributed by atoms with E-state index in [1.807, 2.05) is 6.07 Å². The summed E-state index contributed by atoms with van der Waals surface area (Å²) < 4.78 is 34.1. The van der Waals surface area contributed by atoms with E-state index in [1.54, 1.807) is 25.1 Å². The van der Waals surface area contributed by atoms with E-state index in [4.69, 9.17) is 22.6 Å². The maximum Gasteiger partial charge on any atom is 1.00 e. The van der Waals surface area contributed by atoms with E-state index in [-0.39, 0.29) is 59.1 Å². The molecule has 0 saturated heterocycles. The summed E-state index contributed by atoms with van der Waals surface area (Å²) in [6.45, 7) is 1.78. The van der Waals surface area contributed by atoms with Crippen molar-refractivity contribution >= 4 is 16.4 Å². The van der Waals surface area contributed by atoms with E-state index in [0.29, 0.717) is 5.56 Å². The van der Waals surface area contributed by atoms with Gasteiger partial charge in [-0.15, -0.1) is 0 Å². The molecule has 1 aromatic carbocycles. The van der Waals surface area contributed by atoms with Crippen LogP contribution in [0.5, 0.6) is 0 Å². The zero-order valence-electron chi connectivity index (χ0n) is 9.71. The fourth-order valence-electron chi connectivity index (χ4n) is 0.813. The first-order valence-corrected chi connectivity index (χ1v) is 5.01. The van der Waals surface area contributed by atoms with Crippen molar-refractivity contribution in [2.24, 2.45) is 0 Å². The molecular weight excluding hydrogens is 270 g/mol. The molecule has 0 radical (unpaired) electrons. The molecule has 0 spiro atoms. The van der Waals surface area contributed by atoms with Gasteiger partial charge in [-0.2, -0.15) is 0 Å². The van der Waals surface area contributed by atoms with Gasteiger partial charge < -0.3 is 14.2 Å². The predicted octanol–water partition coefficient (Wildman–Crippen LogP) is -5.64. The number of rotatable bonds is 1. The number of carbonyl (C=O) groups is 1. The van der Waals surface area contributed by atoms with E-state index in [1.165, 1.54) is 0 Å². The quantitative estimate of drug-likeness (QED) is 0.311. The van der Waals surface area contributed by atoms with Gasteiger partial charge >= 0.3 is 65.1 Å². The van der Waals surface area contributed by atoms with Crippen LogP contribution in [0.15, 0.2) is 24.3 Å². The number of hydrogen-bond donors (Lipinski definition) is 1. The van der Waals surface area contributed by atoms with Crippen molar-refractivity contribution in [3.63, 3.8) is 0 Å². The molecule has 9 heteroatoms. The molecule has 0 aliphatic rings. The molecule has 0 unspecified atom stereocenters. The minimum absolute atomic E-state index is 0. The molecule has 17 heavy (non-hydrogen) atoms. The first-order chi connectivity index (χ1) is 6.72. The first-order valence-electron chi connectivity index (χ1n) is 3.67. The number of hydrogen-bond acceptors (Lipinski definition) is 5. The third-order valence-electron chi connectivity index (χ3n) is 1.38. The largest absolute Gasteiger partial charge is 1.00 e. The van der Waals surface area contributed by atoms with Gasteiger partial charge in [0, 0.05) is 10.4 Å². The SMILES string of the molecule is Cc1ccccc1C(=O)O.O=S(=O)([O-])[O-].[Na+].[Na+]. The summed E-state index contributed by atoms with van der Waals surface area (Å²) in [5, 5.41) is 8.57. The monoisotopic (exact) mass is 278 g/mol. The van der Waals surface area contributed by atoms with Crippen molar-refractivity contribution in [2.75, 3.05) is 0 Å². The molecule has 0 fully saturated rings. The van der Waals surface area contributed by atoms with Gasteiger partial charge in [-0.25, -0.2) is 4.79 Å². The van der Waals surface area contributed by atoms with Gasteiger partial charge in [0.05, 0.1) is 5.56 Å². The van der Waals surface area contributed by atoms with Crippen molar-refractivity contribution in [1.82, 2.24) is 0 Å². The Balaban J connectivity index is -0.000000247. The molecule has 0 aliphatic heterocycles. The molecule has 1 aromatic rings. The second-order valence-corrected chi connectivity index (χ2v) is 3.34. The Kier molecular flexibility index (Phi) is 14.0. The molecule has 1 rings (SSSR count). The summed E-state index contributed by atoms with van der Waals surface area (Å²) in [5.41, 5.74) is 1.18. The molecule has 0 atom stereocenters. The molecular formula is C8H8Na2O6S. The Labute approximate surface area is 144 Å². The fraction of sp³-hybridized carbons (Fsp3) is 0.125. The molecule has 0 heterocycles. The Morgan fingerprint density at radius 3 is 1.76 bits per heavy atom. The fourth-order valence-corrected chi connectivity index (χ4v) is 0.813. The number of carboxylic acids is 1. The van der Waals surface area contributed by atoms with Gasteiger partial charge in [0.15, 0.2) is 0 Å². The van der Waals surface area contributed by atoms with Crippen LogP contribution >= 0.6 is 0 Å². The molecule has 0 saturated carbocycles. The number of aryl methyl sites for hydroxylation is 1. The average molecular weight is 278 g/mol. The predicted molar refractivity (Wildman–Crippen MR) is 48.6 cm³/mol. The third-order valence-corrected chi connectivity index (χ3v) is 1.38. The molecule has 1 N–H and O–H groups in total. The third kappa shape index (κ3) is 14.5. The van der Waals surface area contributed by atoms with Gasteiger partial charge in [0.2, 0.25) is 0 Å². The summed E-state index contributed by atoms with van der Waals surface area (Å²) in [7, 11) is -5.17. The van der Waals surface area contributed by atoms with Crippen molar-refractivity contribution in [1.29, 1.82) is 0 Å². The average Bonchev–Trinajstić information content (AvgIpc) is 2.01. The van der Waals surface area contributed by atoms with Crippen LogP contribution in [0.1, 0.15) is 15.9 Å². The molecule has 0 bridgehead atoms. The summed E-state index contributed by atoms with van der Waals surface area (Å²) >= 11 is 0. The molecule has 0 aromatic heterocycles. The Hall–Kier alpha value is 0.560. The minimum atomic E-state index is -5.17. The second-order valence-electron chi connectivity index (χ2n) is 2.53. The van der Waals surface area contributed by atoms with Crippen LogP contribution in [0.4, 0.5) is 0 Å². The standard InChI is InChI=1S/C8H8O2.2Na.H2O4S/c1-6-4-2-3-5-7(6)8(9)10;;;1-5(2,3)4/h2-5H,1H3,(H,9,10);;;(H2,1,2,3,4)/q;2*+1;/p-2. The summed E-state index contributed by atoms with van der Waals surface area (Å²) in [5.74, 6) is -0.863. The summed E-state index contributed by atoms with van der Waals surface area (Å²) in [4.78, 5) is 10.4. The van der Waals surface area contributed by atoms with Crippen LogP contribution in [0, 0.1) is 6.92 Å². The van der Waals surface area contributed by atoms with Crippen LogP contribution < -0.4 is 59.1 Å². The van der Waals surface area contributed by atoms with E-state index in [9.17, 15) is 4.79 Å². The maximum absolute atomic E-state index is 10.4. The zero-order valence-corrected chi connectivity index (χ0v) is 14.5. The number of aromatic carboxylic acids is 1. The number of carboxylic acid groups (broad SMARTS) is 1. The van der Waals surface area contributed by atoms with Gasteiger partial charge in [0.25, 0.3) is 0 Å². The smallest absolute Gasteiger partial charge is 0.759 e. The van der Waals surface area contributed by atoms with Crippen LogP contribution in [0.2, 0.25) is 0 Å². The molecule has 0 aliphatic carbocycles. The zero-order chi connectivity index (χ0) is 12.1. The normalized spacial score (nSPS) is 8.88. The van der Waals surface area contributed by atoms with Crippen LogP contribution in [0.3, 0.4) is 0 Å². The Morgan fingerprint density at radius 2 is 1.53 bits per heavy atom. The second kappa shape index (κ2) is 10.5.